The summed E-state index contributed by atoms with van der Waals surface area (Å²) in [4.78, 5) is 24.4. The quantitative estimate of drug-likeness (QED) is 0.269. The summed E-state index contributed by atoms with van der Waals surface area (Å²) in [6, 6.07) is 15.6. The molecule has 0 bridgehead atoms. The van der Waals surface area contributed by atoms with E-state index in [1.807, 2.05) is 63.2 Å². The SMILES string of the molecule is CCCCc1nnc(SCC(=O)OC)n1Cc1ccc(-c2ccccc2C(=O)OC(C)(C)C)cc1. The van der Waals surface area contributed by atoms with Crippen LogP contribution in [0.4, 0.5) is 0 Å². The monoisotopic (exact) mass is 495 g/mol. The number of aromatic nitrogens is 3. The molecule has 1 aromatic heterocycles. The number of aryl methyl sites for hydroxylation is 1. The van der Waals surface area contributed by atoms with E-state index in [0.29, 0.717) is 17.3 Å². The zero-order chi connectivity index (χ0) is 25.4. The second kappa shape index (κ2) is 12.0. The van der Waals surface area contributed by atoms with Gasteiger partial charge in [-0.15, -0.1) is 10.2 Å². The second-order valence-corrected chi connectivity index (χ2v) is 10.1. The smallest absolute Gasteiger partial charge is 0.339 e. The van der Waals surface area contributed by atoms with Gasteiger partial charge in [0.2, 0.25) is 0 Å². The Morgan fingerprint density at radius 2 is 1.74 bits per heavy atom. The minimum Gasteiger partial charge on any atom is -0.468 e. The predicted octanol–water partition coefficient (Wildman–Crippen LogP) is 5.56. The van der Waals surface area contributed by atoms with Crippen molar-refractivity contribution < 1.29 is 19.1 Å². The minimum atomic E-state index is -0.564. The predicted molar refractivity (Wildman–Crippen MR) is 138 cm³/mol. The van der Waals surface area contributed by atoms with Gasteiger partial charge >= 0.3 is 11.9 Å². The van der Waals surface area contributed by atoms with Gasteiger partial charge in [0.25, 0.3) is 0 Å². The maximum absolute atomic E-state index is 12.8. The van der Waals surface area contributed by atoms with Crippen LogP contribution in [0.2, 0.25) is 0 Å². The molecule has 2 aromatic carbocycles. The highest BCUT2D eigenvalue weighted by Crippen LogP contribution is 2.27. The molecule has 0 saturated heterocycles. The molecule has 1 heterocycles. The van der Waals surface area contributed by atoms with Crippen molar-refractivity contribution in [3.8, 4) is 11.1 Å². The maximum Gasteiger partial charge on any atom is 0.339 e. The largest absolute Gasteiger partial charge is 0.468 e. The van der Waals surface area contributed by atoms with Crippen LogP contribution in [0.25, 0.3) is 11.1 Å². The first kappa shape index (κ1) is 26.5. The van der Waals surface area contributed by atoms with Crippen molar-refractivity contribution in [2.75, 3.05) is 12.9 Å². The van der Waals surface area contributed by atoms with E-state index < -0.39 is 5.60 Å². The van der Waals surface area contributed by atoms with Crippen LogP contribution in [0, 0.1) is 0 Å². The zero-order valence-electron chi connectivity index (χ0n) is 21.0. The number of rotatable bonds is 10. The molecule has 3 rings (SSSR count). The Kier molecular flexibility index (Phi) is 9.09. The van der Waals surface area contributed by atoms with Gasteiger partial charge in [0, 0.05) is 6.42 Å². The fraction of sp³-hybridized carbons (Fsp3) is 0.407. The summed E-state index contributed by atoms with van der Waals surface area (Å²) in [7, 11) is 1.38. The summed E-state index contributed by atoms with van der Waals surface area (Å²) in [6.45, 7) is 8.31. The first-order valence-corrected chi connectivity index (χ1v) is 12.7. The molecule has 186 valence electrons. The third-order valence-electron chi connectivity index (χ3n) is 5.25. The molecule has 8 heteroatoms. The number of thioether (sulfide) groups is 1. The van der Waals surface area contributed by atoms with E-state index in [2.05, 4.69) is 21.7 Å². The first-order valence-electron chi connectivity index (χ1n) is 11.7. The van der Waals surface area contributed by atoms with Crippen LogP contribution in [-0.4, -0.2) is 45.2 Å². The van der Waals surface area contributed by atoms with E-state index in [0.717, 1.165) is 41.8 Å². The van der Waals surface area contributed by atoms with Crippen molar-refractivity contribution in [3.63, 3.8) is 0 Å². The molecule has 3 aromatic rings. The summed E-state index contributed by atoms with van der Waals surface area (Å²) in [5.74, 6) is 0.448. The van der Waals surface area contributed by atoms with Gasteiger partial charge in [0.15, 0.2) is 5.16 Å². The molecule has 0 spiro atoms. The first-order chi connectivity index (χ1) is 16.7. The van der Waals surface area contributed by atoms with Gasteiger partial charge in [-0.2, -0.15) is 0 Å². The zero-order valence-corrected chi connectivity index (χ0v) is 21.9. The lowest BCUT2D eigenvalue weighted by Gasteiger charge is -2.20. The Hall–Kier alpha value is -3.13. The van der Waals surface area contributed by atoms with E-state index in [1.54, 1.807) is 6.07 Å². The van der Waals surface area contributed by atoms with Crippen LogP contribution in [0.5, 0.6) is 0 Å². The Bertz CT molecular complexity index is 1150. The number of esters is 2. The highest BCUT2D eigenvalue weighted by molar-refractivity contribution is 7.99. The average Bonchev–Trinajstić information content (AvgIpc) is 3.21. The van der Waals surface area contributed by atoms with Crippen molar-refractivity contribution >= 4 is 23.7 Å². The van der Waals surface area contributed by atoms with Crippen LogP contribution in [0.15, 0.2) is 53.7 Å². The minimum absolute atomic E-state index is 0.183. The molecule has 0 unspecified atom stereocenters. The molecule has 7 nitrogen and oxygen atoms in total. The Morgan fingerprint density at radius 3 is 2.40 bits per heavy atom. The van der Waals surface area contributed by atoms with Crippen LogP contribution in [-0.2, 0) is 27.2 Å². The van der Waals surface area contributed by atoms with Gasteiger partial charge in [0.1, 0.15) is 11.4 Å². The fourth-order valence-corrected chi connectivity index (χ4v) is 4.29. The van der Waals surface area contributed by atoms with Crippen LogP contribution in [0.1, 0.15) is 62.3 Å². The third kappa shape index (κ3) is 7.42. The van der Waals surface area contributed by atoms with E-state index >= 15 is 0 Å². The fourth-order valence-electron chi connectivity index (χ4n) is 3.50. The van der Waals surface area contributed by atoms with E-state index in [4.69, 9.17) is 9.47 Å². The molecule has 0 amide bonds. The van der Waals surface area contributed by atoms with Gasteiger partial charge in [0.05, 0.1) is 25.0 Å². The summed E-state index contributed by atoms with van der Waals surface area (Å²) in [5, 5.41) is 9.38. The lowest BCUT2D eigenvalue weighted by atomic mass is 9.98. The summed E-state index contributed by atoms with van der Waals surface area (Å²) in [6.07, 6.45) is 2.90. The number of nitrogens with zero attached hydrogens (tertiary/aromatic N) is 3. The molecule has 0 aliphatic rings. The number of hydrogen-bond acceptors (Lipinski definition) is 7. The topological polar surface area (TPSA) is 83.3 Å². The lowest BCUT2D eigenvalue weighted by Crippen LogP contribution is -2.24. The van der Waals surface area contributed by atoms with E-state index in [-0.39, 0.29) is 17.7 Å². The van der Waals surface area contributed by atoms with Crippen LogP contribution >= 0.6 is 11.8 Å². The summed E-state index contributed by atoms with van der Waals surface area (Å²) < 4.78 is 12.4. The molecular weight excluding hydrogens is 462 g/mol. The van der Waals surface area contributed by atoms with Crippen molar-refractivity contribution in [1.82, 2.24) is 14.8 Å². The van der Waals surface area contributed by atoms with Crippen molar-refractivity contribution in [1.29, 1.82) is 0 Å². The van der Waals surface area contributed by atoms with Crippen molar-refractivity contribution in [2.24, 2.45) is 0 Å². The number of carbonyl (C=O) groups is 2. The Balaban J connectivity index is 1.84. The molecule has 0 atom stereocenters. The van der Waals surface area contributed by atoms with Gasteiger partial charge in [-0.1, -0.05) is 67.6 Å². The molecule has 0 saturated carbocycles. The van der Waals surface area contributed by atoms with E-state index in [1.165, 1.54) is 18.9 Å². The van der Waals surface area contributed by atoms with Gasteiger partial charge in [-0.05, 0) is 49.9 Å². The molecule has 0 radical (unpaired) electrons. The number of benzene rings is 2. The summed E-state index contributed by atoms with van der Waals surface area (Å²) >= 11 is 1.33. The summed E-state index contributed by atoms with van der Waals surface area (Å²) in [5.41, 5.74) is 2.81. The number of hydrogen-bond donors (Lipinski definition) is 0. The highest BCUT2D eigenvalue weighted by Gasteiger charge is 2.21. The maximum atomic E-state index is 12.8. The highest BCUT2D eigenvalue weighted by atomic mass is 32.2. The molecule has 0 fully saturated rings. The number of ether oxygens (including phenoxy) is 2. The molecular formula is C27H33N3O4S. The van der Waals surface area contributed by atoms with Crippen LogP contribution < -0.4 is 0 Å². The van der Waals surface area contributed by atoms with Crippen molar-refractivity contribution in [3.05, 3.63) is 65.5 Å². The number of carbonyl (C=O) groups excluding carboxylic acids is 2. The molecule has 0 aliphatic carbocycles. The molecule has 0 N–H and O–H groups in total. The van der Waals surface area contributed by atoms with Crippen molar-refractivity contribution in [2.45, 2.75) is 64.3 Å². The normalized spacial score (nSPS) is 11.3. The average molecular weight is 496 g/mol. The molecule has 35 heavy (non-hydrogen) atoms. The van der Waals surface area contributed by atoms with Crippen LogP contribution in [0.3, 0.4) is 0 Å². The number of unbranched alkanes of at least 4 members (excludes halogenated alkanes) is 1. The molecule has 0 aliphatic heterocycles. The van der Waals surface area contributed by atoms with Gasteiger partial charge in [-0.25, -0.2) is 4.79 Å². The third-order valence-corrected chi connectivity index (χ3v) is 6.19. The van der Waals surface area contributed by atoms with Gasteiger partial charge in [-0.3, -0.25) is 4.79 Å². The lowest BCUT2D eigenvalue weighted by molar-refractivity contribution is -0.137. The number of methoxy groups -OCH3 is 1. The van der Waals surface area contributed by atoms with E-state index in [9.17, 15) is 9.59 Å². The Labute approximate surface area is 211 Å². The van der Waals surface area contributed by atoms with Gasteiger partial charge < -0.3 is 14.0 Å². The standard InChI is InChI=1S/C27H33N3O4S/c1-6-7-12-23-28-29-26(35-18-24(31)33-5)30(23)17-19-13-15-20(16-14-19)21-10-8-9-11-22(21)25(32)34-27(2,3)4/h8-11,13-16H,6-7,12,17-18H2,1-5H3. The second-order valence-electron chi connectivity index (χ2n) is 9.20. The Morgan fingerprint density at radius 1 is 1.03 bits per heavy atom.